The molecule has 1 aromatic heterocycles. The van der Waals surface area contributed by atoms with Gasteiger partial charge in [0.2, 0.25) is 0 Å². The van der Waals surface area contributed by atoms with Crippen LogP contribution >= 0.6 is 0 Å². The molecule has 1 N–H and O–H groups in total. The Kier molecular flexibility index (Phi) is 2.96. The molecule has 0 unspecified atom stereocenters. The van der Waals surface area contributed by atoms with Crippen molar-refractivity contribution in [3.8, 4) is 0 Å². The molecule has 0 aliphatic carbocycles. The van der Waals surface area contributed by atoms with Gasteiger partial charge < -0.3 is 9.84 Å². The first kappa shape index (κ1) is 11.1. The fourth-order valence-electron chi connectivity index (χ4n) is 1.93. The normalized spacial score (nSPS) is 20.6. The predicted octanol–water partition coefficient (Wildman–Crippen LogP) is 1.67. The molecule has 0 saturated carbocycles. The fraction of sp³-hybridized carbons (Fsp3) is 0.636. The number of rotatable bonds is 3. The second kappa shape index (κ2) is 4.25. The van der Waals surface area contributed by atoms with E-state index in [1.807, 2.05) is 13.8 Å². The zero-order valence-corrected chi connectivity index (χ0v) is 9.51. The Morgan fingerprint density at radius 3 is 2.88 bits per heavy atom. The molecule has 0 spiro atoms. The number of aromatic nitrogens is 2. The molecule has 5 nitrogen and oxygen atoms in total. The van der Waals surface area contributed by atoms with Crippen LogP contribution < -0.4 is 0 Å². The summed E-state index contributed by atoms with van der Waals surface area (Å²) in [7, 11) is 0. The molecule has 1 fully saturated rings. The van der Waals surface area contributed by atoms with E-state index in [1.165, 1.54) is 0 Å². The van der Waals surface area contributed by atoms with Gasteiger partial charge >= 0.3 is 5.97 Å². The summed E-state index contributed by atoms with van der Waals surface area (Å²) >= 11 is 0. The second-order valence-electron chi connectivity index (χ2n) is 4.36. The van der Waals surface area contributed by atoms with Crippen molar-refractivity contribution in [3.63, 3.8) is 0 Å². The molecule has 1 aliphatic heterocycles. The van der Waals surface area contributed by atoms with Crippen LogP contribution in [0.3, 0.4) is 0 Å². The largest absolute Gasteiger partial charge is 0.477 e. The predicted molar refractivity (Wildman–Crippen MR) is 57.7 cm³/mol. The average Bonchev–Trinajstić information content (AvgIpc) is 2.86. The van der Waals surface area contributed by atoms with Crippen molar-refractivity contribution in [2.45, 2.75) is 32.2 Å². The van der Waals surface area contributed by atoms with Gasteiger partial charge in [-0.1, -0.05) is 0 Å². The third-order valence-corrected chi connectivity index (χ3v) is 2.81. The van der Waals surface area contributed by atoms with E-state index in [-0.39, 0.29) is 17.7 Å². The molecule has 1 saturated heterocycles. The van der Waals surface area contributed by atoms with Gasteiger partial charge in [0, 0.05) is 18.6 Å². The first-order valence-electron chi connectivity index (χ1n) is 5.50. The topological polar surface area (TPSA) is 64.4 Å². The van der Waals surface area contributed by atoms with Crippen LogP contribution in [0.4, 0.5) is 0 Å². The van der Waals surface area contributed by atoms with Crippen molar-refractivity contribution in [1.29, 1.82) is 0 Å². The maximum atomic E-state index is 11.1. The van der Waals surface area contributed by atoms with E-state index in [4.69, 9.17) is 9.84 Å². The average molecular weight is 224 g/mol. The van der Waals surface area contributed by atoms with Gasteiger partial charge in [0.05, 0.1) is 12.3 Å². The highest BCUT2D eigenvalue weighted by Crippen LogP contribution is 2.25. The summed E-state index contributed by atoms with van der Waals surface area (Å²) in [6.07, 6.45) is 0.925. The van der Waals surface area contributed by atoms with Crippen LogP contribution in [0.5, 0.6) is 0 Å². The number of hydrogen-bond donors (Lipinski definition) is 1. The third-order valence-electron chi connectivity index (χ3n) is 2.81. The maximum Gasteiger partial charge on any atom is 0.354 e. The highest BCUT2D eigenvalue weighted by Gasteiger charge is 2.24. The number of carboxylic acid groups (broad SMARTS) is 1. The maximum absolute atomic E-state index is 11.1. The molecular weight excluding hydrogens is 208 g/mol. The Labute approximate surface area is 94.0 Å². The van der Waals surface area contributed by atoms with E-state index in [2.05, 4.69) is 5.10 Å². The molecule has 1 aliphatic rings. The molecule has 2 heterocycles. The molecule has 1 aromatic rings. The number of hydrogen-bond acceptors (Lipinski definition) is 3. The summed E-state index contributed by atoms with van der Waals surface area (Å²) < 4.78 is 6.85. The van der Waals surface area contributed by atoms with Crippen LogP contribution in [0.1, 0.15) is 48.4 Å². The first-order valence-corrected chi connectivity index (χ1v) is 5.50. The van der Waals surface area contributed by atoms with E-state index in [0.717, 1.165) is 18.7 Å². The Hall–Kier alpha value is -1.36. The Morgan fingerprint density at radius 2 is 2.44 bits per heavy atom. The second-order valence-corrected chi connectivity index (χ2v) is 4.36. The van der Waals surface area contributed by atoms with Gasteiger partial charge in [-0.05, 0) is 26.3 Å². The Morgan fingerprint density at radius 1 is 1.69 bits per heavy atom. The number of ether oxygens (including phenoxy) is 1. The number of nitrogens with zero attached hydrogens (tertiary/aromatic N) is 2. The lowest BCUT2D eigenvalue weighted by Gasteiger charge is -2.07. The molecular formula is C11H16N2O3. The fourth-order valence-corrected chi connectivity index (χ4v) is 1.93. The van der Waals surface area contributed by atoms with Crippen LogP contribution in [0, 0.1) is 0 Å². The van der Waals surface area contributed by atoms with Crippen LogP contribution in [0.25, 0.3) is 0 Å². The molecule has 16 heavy (non-hydrogen) atoms. The molecule has 0 aromatic carbocycles. The summed E-state index contributed by atoms with van der Waals surface area (Å²) in [6, 6.07) is 1.73. The highest BCUT2D eigenvalue weighted by molar-refractivity contribution is 5.85. The van der Waals surface area contributed by atoms with Crippen molar-refractivity contribution in [3.05, 3.63) is 17.5 Å². The minimum absolute atomic E-state index is 0.0576. The zero-order chi connectivity index (χ0) is 11.7. The lowest BCUT2D eigenvalue weighted by atomic mass is 10.1. The van der Waals surface area contributed by atoms with Gasteiger partial charge in [-0.2, -0.15) is 5.10 Å². The van der Waals surface area contributed by atoms with Crippen molar-refractivity contribution in [2.24, 2.45) is 0 Å². The molecule has 0 amide bonds. The van der Waals surface area contributed by atoms with E-state index in [1.54, 1.807) is 10.7 Å². The van der Waals surface area contributed by atoms with Crippen molar-refractivity contribution in [1.82, 2.24) is 9.78 Å². The standard InChI is InChI=1S/C11H16N2O3/c1-7(2)13-10(11(14)15)5-9(12-13)8-3-4-16-6-8/h5,7-8H,3-4,6H2,1-2H3,(H,14,15)/t8-/m1/s1. The van der Waals surface area contributed by atoms with Gasteiger partial charge in [0.25, 0.3) is 0 Å². The monoisotopic (exact) mass is 224 g/mol. The smallest absolute Gasteiger partial charge is 0.354 e. The Bertz CT molecular complexity index is 392. The summed E-state index contributed by atoms with van der Waals surface area (Å²) in [4.78, 5) is 11.1. The van der Waals surface area contributed by atoms with Gasteiger partial charge in [-0.15, -0.1) is 0 Å². The van der Waals surface area contributed by atoms with Crippen LogP contribution in [0.2, 0.25) is 0 Å². The van der Waals surface area contributed by atoms with Gasteiger partial charge in [-0.25, -0.2) is 4.79 Å². The molecule has 88 valence electrons. The quantitative estimate of drug-likeness (QED) is 0.848. The van der Waals surface area contributed by atoms with Crippen molar-refractivity contribution in [2.75, 3.05) is 13.2 Å². The number of carboxylic acids is 1. The minimum atomic E-state index is -0.925. The summed E-state index contributed by atoms with van der Waals surface area (Å²) in [5, 5.41) is 13.4. The van der Waals surface area contributed by atoms with Gasteiger partial charge in [0.1, 0.15) is 5.69 Å². The van der Waals surface area contributed by atoms with Crippen LogP contribution in [0.15, 0.2) is 6.07 Å². The van der Waals surface area contributed by atoms with Crippen molar-refractivity contribution >= 4 is 5.97 Å². The molecule has 0 bridgehead atoms. The lowest BCUT2D eigenvalue weighted by Crippen LogP contribution is -2.12. The SMILES string of the molecule is CC(C)n1nc([C@@H]2CCOC2)cc1C(=O)O. The molecule has 5 heteroatoms. The van der Waals surface area contributed by atoms with Crippen molar-refractivity contribution < 1.29 is 14.6 Å². The minimum Gasteiger partial charge on any atom is -0.477 e. The molecule has 0 radical (unpaired) electrons. The van der Waals surface area contributed by atoms with Crippen LogP contribution in [-0.2, 0) is 4.74 Å². The van der Waals surface area contributed by atoms with Gasteiger partial charge in [-0.3, -0.25) is 4.68 Å². The van der Waals surface area contributed by atoms with E-state index >= 15 is 0 Å². The lowest BCUT2D eigenvalue weighted by molar-refractivity contribution is 0.0681. The summed E-state index contributed by atoms with van der Waals surface area (Å²) in [5.41, 5.74) is 1.10. The first-order chi connectivity index (χ1) is 7.59. The Balaban J connectivity index is 2.34. The zero-order valence-electron chi connectivity index (χ0n) is 9.51. The van der Waals surface area contributed by atoms with E-state index < -0.39 is 5.97 Å². The van der Waals surface area contributed by atoms with E-state index in [0.29, 0.717) is 6.61 Å². The highest BCUT2D eigenvalue weighted by atomic mass is 16.5. The molecule has 1 atom stereocenters. The summed E-state index contributed by atoms with van der Waals surface area (Å²) in [6.45, 7) is 5.23. The van der Waals surface area contributed by atoms with E-state index in [9.17, 15) is 4.79 Å². The number of carbonyl (C=O) groups is 1. The number of aromatic carboxylic acids is 1. The molecule has 2 rings (SSSR count). The van der Waals surface area contributed by atoms with Crippen LogP contribution in [-0.4, -0.2) is 34.1 Å². The van der Waals surface area contributed by atoms with Gasteiger partial charge in [0.15, 0.2) is 0 Å². The third kappa shape index (κ3) is 1.95. The summed E-state index contributed by atoms with van der Waals surface area (Å²) in [5.74, 6) is -0.676.